The predicted molar refractivity (Wildman–Crippen MR) is 90.0 cm³/mol. The van der Waals surface area contributed by atoms with Crippen LogP contribution >= 0.6 is 0 Å². The lowest BCUT2D eigenvalue weighted by molar-refractivity contribution is 0.143. The van der Waals surface area contributed by atoms with Crippen LogP contribution in [-0.4, -0.2) is 14.5 Å². The number of hydrogen-bond donors (Lipinski definition) is 0. The van der Waals surface area contributed by atoms with E-state index in [1.807, 2.05) is 27.7 Å². The molecule has 0 fully saturated rings. The van der Waals surface area contributed by atoms with Crippen LogP contribution in [0.15, 0.2) is 29.2 Å². The molecule has 0 saturated carbocycles. The maximum Gasteiger partial charge on any atom is 0.298 e. The van der Waals surface area contributed by atoms with Gasteiger partial charge in [-0.2, -0.15) is 8.42 Å². The van der Waals surface area contributed by atoms with Gasteiger partial charge < -0.3 is 0 Å². The van der Waals surface area contributed by atoms with Gasteiger partial charge in [-0.3, -0.25) is 0 Å². The lowest BCUT2D eigenvalue weighted by Gasteiger charge is -2.25. The highest BCUT2D eigenvalue weighted by molar-refractivity contribution is 7.86. The maximum absolute atomic E-state index is 12.4. The maximum atomic E-state index is 12.4. The van der Waals surface area contributed by atoms with E-state index in [4.69, 9.17) is 4.18 Å². The van der Waals surface area contributed by atoms with Crippen molar-refractivity contribution in [3.05, 3.63) is 29.8 Å². The quantitative estimate of drug-likeness (QED) is 0.461. The van der Waals surface area contributed by atoms with E-state index in [0.717, 1.165) is 24.8 Å². The minimum Gasteiger partial charge on any atom is -0.249 e. The van der Waals surface area contributed by atoms with Gasteiger partial charge in [0.25, 0.3) is 10.1 Å². The van der Waals surface area contributed by atoms with Crippen molar-refractivity contribution in [1.82, 2.24) is 0 Å². The Labute approximate surface area is 135 Å². The highest BCUT2D eigenvalue weighted by atomic mass is 32.2. The fourth-order valence-corrected chi connectivity index (χ4v) is 2.87. The summed E-state index contributed by atoms with van der Waals surface area (Å²) in [7, 11) is -3.80. The molecule has 0 heterocycles. The van der Waals surface area contributed by atoms with E-state index < -0.39 is 16.2 Å². The molecule has 122 valence electrons. The molecule has 1 unspecified atom stereocenters. The molecule has 0 radical (unpaired) electrons. The number of aryl methyl sites for hydroxylation is 1. The van der Waals surface area contributed by atoms with Gasteiger partial charge in [-0.05, 0) is 25.5 Å². The van der Waals surface area contributed by atoms with Crippen molar-refractivity contribution in [1.29, 1.82) is 0 Å². The molecule has 1 aromatic carbocycles. The molecule has 4 heteroatoms. The van der Waals surface area contributed by atoms with Gasteiger partial charge in [-0.1, -0.05) is 57.7 Å². The van der Waals surface area contributed by atoms with Crippen molar-refractivity contribution in [3.63, 3.8) is 0 Å². The van der Waals surface area contributed by atoms with Gasteiger partial charge in [-0.25, -0.2) is 4.18 Å². The van der Waals surface area contributed by atoms with E-state index >= 15 is 0 Å². The molecule has 0 aliphatic rings. The smallest absolute Gasteiger partial charge is 0.249 e. The first-order valence-electron chi connectivity index (χ1n) is 7.65. The van der Waals surface area contributed by atoms with Gasteiger partial charge in [0.05, 0.1) is 4.90 Å². The Kier molecular flexibility index (Phi) is 6.65. The van der Waals surface area contributed by atoms with Crippen LogP contribution in [0, 0.1) is 24.2 Å². The zero-order valence-corrected chi connectivity index (χ0v) is 15.0. The lowest BCUT2D eigenvalue weighted by Crippen LogP contribution is -2.30. The highest BCUT2D eigenvalue weighted by Crippen LogP contribution is 2.26. The second-order valence-corrected chi connectivity index (χ2v) is 8.11. The Morgan fingerprint density at radius 3 is 2.27 bits per heavy atom. The Bertz CT molecular complexity index is 626. The van der Waals surface area contributed by atoms with Crippen molar-refractivity contribution >= 4 is 10.1 Å². The summed E-state index contributed by atoms with van der Waals surface area (Å²) in [6.07, 6.45) is 2.18. The lowest BCUT2D eigenvalue weighted by atomic mass is 9.89. The molecule has 0 amide bonds. The van der Waals surface area contributed by atoms with Gasteiger partial charge >= 0.3 is 0 Å². The average Bonchev–Trinajstić information content (AvgIpc) is 2.41. The van der Waals surface area contributed by atoms with Crippen molar-refractivity contribution in [2.24, 2.45) is 5.41 Å². The van der Waals surface area contributed by atoms with E-state index in [9.17, 15) is 8.42 Å². The van der Waals surface area contributed by atoms with E-state index in [1.54, 1.807) is 24.3 Å². The molecule has 0 aromatic heterocycles. The summed E-state index contributed by atoms with van der Waals surface area (Å²) in [5.74, 6) is 6.02. The second-order valence-electron chi connectivity index (χ2n) is 6.53. The third-order valence-electron chi connectivity index (χ3n) is 3.21. The molecule has 0 spiro atoms. The predicted octanol–water partition coefficient (Wildman–Crippen LogP) is 4.31. The van der Waals surface area contributed by atoms with Crippen LogP contribution < -0.4 is 0 Å². The van der Waals surface area contributed by atoms with Crippen molar-refractivity contribution in [3.8, 4) is 11.8 Å². The summed E-state index contributed by atoms with van der Waals surface area (Å²) in [5, 5.41) is 0. The van der Waals surface area contributed by atoms with Crippen molar-refractivity contribution in [2.45, 2.75) is 64.9 Å². The Balaban J connectivity index is 2.97. The second kappa shape index (κ2) is 7.80. The number of benzene rings is 1. The SMILES string of the molecule is CCCCC#CC(OS(=O)(=O)c1ccc(C)cc1)C(C)(C)C. The van der Waals surface area contributed by atoms with Gasteiger partial charge in [0.2, 0.25) is 0 Å². The topological polar surface area (TPSA) is 43.4 Å². The first-order valence-corrected chi connectivity index (χ1v) is 9.06. The standard InChI is InChI=1S/C18H26O3S/c1-6-7-8-9-10-17(18(3,4)5)21-22(19,20)16-13-11-15(2)12-14-16/h11-14,17H,6-8H2,1-5H3. The van der Waals surface area contributed by atoms with E-state index in [0.29, 0.717) is 0 Å². The van der Waals surface area contributed by atoms with Crippen LogP contribution in [0.25, 0.3) is 0 Å². The fraction of sp³-hybridized carbons (Fsp3) is 0.556. The third kappa shape index (κ3) is 5.82. The van der Waals surface area contributed by atoms with Gasteiger partial charge in [0.1, 0.15) is 6.10 Å². The monoisotopic (exact) mass is 322 g/mol. The largest absolute Gasteiger partial charge is 0.298 e. The van der Waals surface area contributed by atoms with Crippen LogP contribution in [-0.2, 0) is 14.3 Å². The van der Waals surface area contributed by atoms with E-state index in [2.05, 4.69) is 18.8 Å². The van der Waals surface area contributed by atoms with Crippen molar-refractivity contribution < 1.29 is 12.6 Å². The zero-order chi connectivity index (χ0) is 16.8. The van der Waals surface area contributed by atoms with Crippen LogP contribution in [0.5, 0.6) is 0 Å². The van der Waals surface area contributed by atoms with Crippen LogP contribution in [0.1, 0.15) is 52.5 Å². The van der Waals surface area contributed by atoms with Gasteiger partial charge in [0, 0.05) is 11.8 Å². The summed E-state index contributed by atoms with van der Waals surface area (Å²) in [4.78, 5) is 0.169. The molecule has 0 aliphatic heterocycles. The molecule has 0 N–H and O–H groups in total. The first-order chi connectivity index (χ1) is 10.2. The zero-order valence-electron chi connectivity index (χ0n) is 14.1. The van der Waals surface area contributed by atoms with E-state index in [1.165, 1.54) is 0 Å². The third-order valence-corrected chi connectivity index (χ3v) is 4.50. The first kappa shape index (κ1) is 18.7. The minimum absolute atomic E-state index is 0.169. The summed E-state index contributed by atoms with van der Waals surface area (Å²) in [5.41, 5.74) is 0.627. The van der Waals surface area contributed by atoms with Crippen LogP contribution in [0.2, 0.25) is 0 Å². The summed E-state index contributed by atoms with van der Waals surface area (Å²) in [6.45, 7) is 9.79. The summed E-state index contributed by atoms with van der Waals surface area (Å²) in [6, 6.07) is 6.65. The van der Waals surface area contributed by atoms with Crippen LogP contribution in [0.4, 0.5) is 0 Å². The molecule has 1 atom stereocenters. The fourth-order valence-electron chi connectivity index (χ4n) is 1.70. The normalized spacial score (nSPS) is 13.3. The Morgan fingerprint density at radius 2 is 1.77 bits per heavy atom. The summed E-state index contributed by atoms with van der Waals surface area (Å²) < 4.78 is 30.2. The highest BCUT2D eigenvalue weighted by Gasteiger charge is 2.30. The van der Waals surface area contributed by atoms with Gasteiger partial charge in [-0.15, -0.1) is 5.92 Å². The molecule has 0 saturated heterocycles. The molecule has 22 heavy (non-hydrogen) atoms. The van der Waals surface area contributed by atoms with Crippen LogP contribution in [0.3, 0.4) is 0 Å². The van der Waals surface area contributed by atoms with Crippen molar-refractivity contribution in [2.75, 3.05) is 0 Å². The number of unbranched alkanes of at least 4 members (excludes halogenated alkanes) is 2. The minimum atomic E-state index is -3.80. The van der Waals surface area contributed by atoms with Gasteiger partial charge in [0.15, 0.2) is 0 Å². The Morgan fingerprint density at radius 1 is 1.18 bits per heavy atom. The molecular formula is C18H26O3S. The molecule has 1 rings (SSSR count). The number of hydrogen-bond acceptors (Lipinski definition) is 3. The Hall–Kier alpha value is -1.31. The molecule has 1 aromatic rings. The molecule has 3 nitrogen and oxygen atoms in total. The average molecular weight is 322 g/mol. The molecule has 0 bridgehead atoms. The van der Waals surface area contributed by atoms with E-state index in [-0.39, 0.29) is 10.3 Å². The summed E-state index contributed by atoms with van der Waals surface area (Å²) >= 11 is 0. The molecule has 0 aliphatic carbocycles. The number of rotatable bonds is 5. The molecular weight excluding hydrogens is 296 g/mol.